The Kier molecular flexibility index (Phi) is 4.19. The van der Waals surface area contributed by atoms with Crippen LogP contribution in [0.5, 0.6) is 0 Å². The molecule has 0 saturated carbocycles. The summed E-state index contributed by atoms with van der Waals surface area (Å²) in [5.74, 6) is 0. The second-order valence-electron chi connectivity index (χ2n) is 3.09. The van der Waals surface area contributed by atoms with Gasteiger partial charge in [-0.3, -0.25) is 10.1 Å². The summed E-state index contributed by atoms with van der Waals surface area (Å²) in [6, 6.07) is 4.34. The van der Waals surface area contributed by atoms with Crippen molar-refractivity contribution in [3.8, 4) is 0 Å². The van der Waals surface area contributed by atoms with E-state index in [1.54, 1.807) is 12.1 Å². The molecule has 15 heavy (non-hydrogen) atoms. The van der Waals surface area contributed by atoms with Gasteiger partial charge >= 0.3 is 0 Å². The van der Waals surface area contributed by atoms with Crippen molar-refractivity contribution in [2.24, 2.45) is 5.73 Å². The molecule has 1 aromatic rings. The SMILES string of the molecule is N[C@@H](CCO)c1ccc(Br)c([N+](=O)[O-])c1. The van der Waals surface area contributed by atoms with E-state index in [2.05, 4.69) is 15.9 Å². The number of nitro benzene ring substituents is 1. The molecule has 0 saturated heterocycles. The lowest BCUT2D eigenvalue weighted by Gasteiger charge is -2.10. The van der Waals surface area contributed by atoms with Crippen LogP contribution < -0.4 is 5.73 Å². The van der Waals surface area contributed by atoms with Gasteiger partial charge in [0.1, 0.15) is 0 Å². The molecule has 0 amide bonds. The highest BCUT2D eigenvalue weighted by atomic mass is 79.9. The molecule has 0 bridgehead atoms. The van der Waals surface area contributed by atoms with Crippen LogP contribution in [0, 0.1) is 10.1 Å². The van der Waals surface area contributed by atoms with E-state index in [0.29, 0.717) is 16.5 Å². The van der Waals surface area contributed by atoms with Gasteiger partial charge in [-0.25, -0.2) is 0 Å². The largest absolute Gasteiger partial charge is 0.396 e. The summed E-state index contributed by atoms with van der Waals surface area (Å²) in [6.07, 6.45) is 0.388. The van der Waals surface area contributed by atoms with Crippen LogP contribution in [-0.2, 0) is 0 Å². The van der Waals surface area contributed by atoms with E-state index < -0.39 is 4.92 Å². The van der Waals surface area contributed by atoms with Crippen LogP contribution in [-0.4, -0.2) is 16.6 Å². The van der Waals surface area contributed by atoms with Crippen LogP contribution >= 0.6 is 15.9 Å². The van der Waals surface area contributed by atoms with Crippen molar-refractivity contribution in [1.82, 2.24) is 0 Å². The maximum absolute atomic E-state index is 10.6. The minimum atomic E-state index is -0.473. The third-order valence-electron chi connectivity index (χ3n) is 2.04. The molecule has 1 aromatic carbocycles. The quantitative estimate of drug-likeness (QED) is 0.647. The maximum atomic E-state index is 10.6. The van der Waals surface area contributed by atoms with Crippen molar-refractivity contribution < 1.29 is 10.0 Å². The van der Waals surface area contributed by atoms with Crippen LogP contribution in [0.4, 0.5) is 5.69 Å². The molecule has 0 fully saturated rings. The molecule has 0 aliphatic heterocycles. The molecule has 1 atom stereocenters. The van der Waals surface area contributed by atoms with Gasteiger partial charge in [0.05, 0.1) is 9.40 Å². The van der Waals surface area contributed by atoms with Gasteiger partial charge in [-0.05, 0) is 34.0 Å². The normalized spacial score (nSPS) is 12.5. The van der Waals surface area contributed by atoms with Gasteiger partial charge in [0.2, 0.25) is 0 Å². The molecule has 0 radical (unpaired) electrons. The number of aliphatic hydroxyl groups excluding tert-OH is 1. The maximum Gasteiger partial charge on any atom is 0.283 e. The highest BCUT2D eigenvalue weighted by Crippen LogP contribution is 2.28. The van der Waals surface area contributed by atoms with Crippen LogP contribution in [0.3, 0.4) is 0 Å². The van der Waals surface area contributed by atoms with Crippen molar-refractivity contribution in [1.29, 1.82) is 0 Å². The smallest absolute Gasteiger partial charge is 0.283 e. The third-order valence-corrected chi connectivity index (χ3v) is 2.71. The van der Waals surface area contributed by atoms with E-state index in [4.69, 9.17) is 10.8 Å². The molecule has 0 aliphatic rings. The highest BCUT2D eigenvalue weighted by Gasteiger charge is 2.15. The Bertz CT molecular complexity index is 370. The van der Waals surface area contributed by atoms with Gasteiger partial charge < -0.3 is 10.8 Å². The molecular weight excluding hydrogens is 264 g/mol. The Morgan fingerprint density at radius 3 is 2.80 bits per heavy atom. The number of benzene rings is 1. The Hall–Kier alpha value is -0.980. The Balaban J connectivity index is 3.02. The lowest BCUT2D eigenvalue weighted by Crippen LogP contribution is -2.12. The van der Waals surface area contributed by atoms with Crippen LogP contribution in [0.25, 0.3) is 0 Å². The lowest BCUT2D eigenvalue weighted by atomic mass is 10.0. The summed E-state index contributed by atoms with van der Waals surface area (Å²) >= 11 is 3.09. The number of nitrogens with two attached hydrogens (primary N) is 1. The van der Waals surface area contributed by atoms with Crippen molar-refractivity contribution in [3.05, 3.63) is 38.3 Å². The summed E-state index contributed by atoms with van der Waals surface area (Å²) in [7, 11) is 0. The molecule has 5 nitrogen and oxygen atoms in total. The van der Waals surface area contributed by atoms with E-state index in [9.17, 15) is 10.1 Å². The van der Waals surface area contributed by atoms with Crippen molar-refractivity contribution >= 4 is 21.6 Å². The molecule has 0 aliphatic carbocycles. The number of hydrogen-bond donors (Lipinski definition) is 2. The monoisotopic (exact) mass is 274 g/mol. The molecule has 0 heterocycles. The first kappa shape index (κ1) is 12.1. The van der Waals surface area contributed by atoms with Crippen LogP contribution in [0.1, 0.15) is 18.0 Å². The summed E-state index contributed by atoms with van der Waals surface area (Å²) in [5.41, 5.74) is 6.37. The van der Waals surface area contributed by atoms with Gasteiger partial charge in [0.25, 0.3) is 5.69 Å². The average Bonchev–Trinajstić information content (AvgIpc) is 2.18. The summed E-state index contributed by atoms with van der Waals surface area (Å²) < 4.78 is 0.424. The van der Waals surface area contributed by atoms with E-state index in [1.807, 2.05) is 0 Å². The fourth-order valence-electron chi connectivity index (χ4n) is 1.21. The average molecular weight is 275 g/mol. The zero-order valence-electron chi connectivity index (χ0n) is 7.89. The standard InChI is InChI=1S/C9H11BrN2O3/c10-7-2-1-6(8(11)3-4-13)5-9(7)12(14)15/h1-2,5,8,13H,3-4,11H2/t8-/m0/s1. The molecule has 0 unspecified atom stereocenters. The highest BCUT2D eigenvalue weighted by molar-refractivity contribution is 9.10. The second kappa shape index (κ2) is 5.20. The van der Waals surface area contributed by atoms with Crippen LogP contribution in [0.2, 0.25) is 0 Å². The lowest BCUT2D eigenvalue weighted by molar-refractivity contribution is -0.385. The predicted molar refractivity (Wildman–Crippen MR) is 59.4 cm³/mol. The molecule has 1 rings (SSSR count). The number of nitrogens with zero attached hydrogens (tertiary/aromatic N) is 1. The fourth-order valence-corrected chi connectivity index (χ4v) is 1.60. The molecular formula is C9H11BrN2O3. The number of hydrogen-bond acceptors (Lipinski definition) is 4. The van der Waals surface area contributed by atoms with Crippen molar-refractivity contribution in [3.63, 3.8) is 0 Å². The topological polar surface area (TPSA) is 89.4 Å². The zero-order chi connectivity index (χ0) is 11.4. The first-order valence-electron chi connectivity index (χ1n) is 4.36. The van der Waals surface area contributed by atoms with Gasteiger partial charge in [-0.2, -0.15) is 0 Å². The first-order valence-corrected chi connectivity index (χ1v) is 5.16. The summed E-state index contributed by atoms with van der Waals surface area (Å²) in [5, 5.41) is 19.3. The number of aliphatic hydroxyl groups is 1. The first-order chi connectivity index (χ1) is 7.06. The number of rotatable bonds is 4. The summed E-state index contributed by atoms with van der Waals surface area (Å²) in [4.78, 5) is 10.2. The number of nitro groups is 1. The van der Waals surface area contributed by atoms with Gasteiger partial charge in [0.15, 0.2) is 0 Å². The second-order valence-corrected chi connectivity index (χ2v) is 3.94. The summed E-state index contributed by atoms with van der Waals surface area (Å²) in [6.45, 7) is -0.0367. The van der Waals surface area contributed by atoms with E-state index >= 15 is 0 Å². The zero-order valence-corrected chi connectivity index (χ0v) is 9.48. The van der Waals surface area contributed by atoms with Crippen LogP contribution in [0.15, 0.2) is 22.7 Å². The third kappa shape index (κ3) is 2.98. The molecule has 82 valence electrons. The molecule has 3 N–H and O–H groups in total. The van der Waals surface area contributed by atoms with Gasteiger partial charge in [-0.15, -0.1) is 0 Å². The van der Waals surface area contributed by atoms with E-state index in [1.165, 1.54) is 6.07 Å². The van der Waals surface area contributed by atoms with Gasteiger partial charge in [0, 0.05) is 18.7 Å². The Morgan fingerprint density at radius 1 is 1.60 bits per heavy atom. The van der Waals surface area contributed by atoms with Gasteiger partial charge in [-0.1, -0.05) is 6.07 Å². The molecule has 0 spiro atoms. The molecule has 6 heteroatoms. The Morgan fingerprint density at radius 2 is 2.27 bits per heavy atom. The minimum Gasteiger partial charge on any atom is -0.396 e. The fraction of sp³-hybridized carbons (Fsp3) is 0.333. The minimum absolute atomic E-state index is 0.0131. The van der Waals surface area contributed by atoms with Crippen molar-refractivity contribution in [2.75, 3.05) is 6.61 Å². The number of halogens is 1. The Labute approximate surface area is 95.2 Å². The predicted octanol–water partition coefficient (Wildman–Crippen LogP) is 1.74. The van der Waals surface area contributed by atoms with Crippen molar-refractivity contribution in [2.45, 2.75) is 12.5 Å². The molecule has 0 aromatic heterocycles. The van der Waals surface area contributed by atoms with E-state index in [-0.39, 0.29) is 18.3 Å². The van der Waals surface area contributed by atoms with E-state index in [0.717, 1.165) is 0 Å².